The number of hydrogen-bond donors (Lipinski definition) is 1. The normalized spacial score (nSPS) is 47.5. The minimum absolute atomic E-state index is 0.894. The van der Waals surface area contributed by atoms with Gasteiger partial charge in [-0.25, -0.2) is 0 Å². The quantitative estimate of drug-likeness (QED) is 0.624. The first-order valence-electron chi connectivity index (χ1n) is 5.43. The third-order valence-electron chi connectivity index (χ3n) is 3.97. The Morgan fingerprint density at radius 3 is 2.00 bits per heavy atom. The average Bonchev–Trinajstić information content (AvgIpc) is 2.78. The van der Waals surface area contributed by atoms with Crippen LogP contribution in [0, 0.1) is 0 Å². The summed E-state index contributed by atoms with van der Waals surface area (Å²) in [6.45, 7) is 2.51. The molecule has 0 aromatic heterocycles. The maximum atomic E-state index is 3.48. The topological polar surface area (TPSA) is 15.3 Å². The summed E-state index contributed by atoms with van der Waals surface area (Å²) in [4.78, 5) is 2.83. The second kappa shape index (κ2) is 2.71. The van der Waals surface area contributed by atoms with Gasteiger partial charge in [-0.15, -0.1) is 0 Å². The molecule has 0 radical (unpaired) electrons. The molecule has 0 spiro atoms. The maximum absolute atomic E-state index is 3.48. The highest BCUT2D eigenvalue weighted by atomic mass is 15.3. The van der Waals surface area contributed by atoms with Crippen molar-refractivity contribution in [3.63, 3.8) is 0 Å². The minimum atomic E-state index is 0.894. The van der Waals surface area contributed by atoms with Crippen LogP contribution in [0.4, 0.5) is 0 Å². The predicted octanol–water partition coefficient (Wildman–Crippen LogP) is 0.975. The Hall–Kier alpha value is -0.0800. The van der Waals surface area contributed by atoms with Crippen molar-refractivity contribution in [1.82, 2.24) is 10.2 Å². The Bertz CT molecular complexity index is 155. The van der Waals surface area contributed by atoms with E-state index in [-0.39, 0.29) is 0 Å². The molecule has 12 heavy (non-hydrogen) atoms. The molecule has 68 valence electrons. The first-order valence-corrected chi connectivity index (χ1v) is 5.43. The molecule has 0 aromatic rings. The molecular formula is C10H18N2. The van der Waals surface area contributed by atoms with Crippen molar-refractivity contribution in [2.24, 2.45) is 0 Å². The van der Waals surface area contributed by atoms with Crippen molar-refractivity contribution in [3.8, 4) is 0 Å². The smallest absolute Gasteiger partial charge is 0.0238 e. The summed E-state index contributed by atoms with van der Waals surface area (Å²) in [5, 5.41) is 3.48. The predicted molar refractivity (Wildman–Crippen MR) is 49.2 cm³/mol. The SMILES string of the molecule is C1C[C@H](N2C3CCC2CC3)CN1. The van der Waals surface area contributed by atoms with Crippen LogP contribution in [0.5, 0.6) is 0 Å². The van der Waals surface area contributed by atoms with Crippen LogP contribution in [0.3, 0.4) is 0 Å². The fourth-order valence-corrected chi connectivity index (χ4v) is 3.44. The van der Waals surface area contributed by atoms with Gasteiger partial charge in [0.25, 0.3) is 0 Å². The standard InChI is InChI=1S/C10H18N2/c1-2-9-4-3-8(1)12(9)10-5-6-11-7-10/h8-11H,1-7H2/t8?,9?,10-/m0/s1. The van der Waals surface area contributed by atoms with Crippen molar-refractivity contribution >= 4 is 0 Å². The van der Waals surface area contributed by atoms with E-state index in [1.807, 2.05) is 0 Å². The highest BCUT2D eigenvalue weighted by Gasteiger charge is 2.43. The van der Waals surface area contributed by atoms with Gasteiger partial charge in [0, 0.05) is 24.7 Å². The van der Waals surface area contributed by atoms with E-state index in [1.165, 1.54) is 45.2 Å². The second-order valence-corrected chi connectivity index (χ2v) is 4.56. The number of hydrogen-bond acceptors (Lipinski definition) is 2. The van der Waals surface area contributed by atoms with Gasteiger partial charge < -0.3 is 5.32 Å². The second-order valence-electron chi connectivity index (χ2n) is 4.56. The van der Waals surface area contributed by atoms with Crippen molar-refractivity contribution in [2.75, 3.05) is 13.1 Å². The molecule has 1 atom stereocenters. The molecule has 3 rings (SSSR count). The molecular weight excluding hydrogens is 148 g/mol. The molecule has 2 nitrogen and oxygen atoms in total. The zero-order valence-electron chi connectivity index (χ0n) is 7.63. The maximum Gasteiger partial charge on any atom is 0.0238 e. The van der Waals surface area contributed by atoms with E-state index in [0.717, 1.165) is 18.1 Å². The van der Waals surface area contributed by atoms with Gasteiger partial charge in [-0.05, 0) is 38.6 Å². The number of rotatable bonds is 1. The summed E-state index contributed by atoms with van der Waals surface area (Å²) in [6.07, 6.45) is 7.34. The van der Waals surface area contributed by atoms with E-state index in [1.54, 1.807) is 0 Å². The summed E-state index contributed by atoms with van der Waals surface area (Å²) in [5.41, 5.74) is 0. The van der Waals surface area contributed by atoms with Crippen LogP contribution in [0.15, 0.2) is 0 Å². The Balaban J connectivity index is 1.75. The van der Waals surface area contributed by atoms with Crippen LogP contribution in [0.1, 0.15) is 32.1 Å². The Morgan fingerprint density at radius 2 is 1.50 bits per heavy atom. The van der Waals surface area contributed by atoms with Crippen LogP contribution in [0.25, 0.3) is 0 Å². The van der Waals surface area contributed by atoms with Crippen LogP contribution >= 0.6 is 0 Å². The molecule has 0 saturated carbocycles. The Morgan fingerprint density at radius 1 is 0.833 bits per heavy atom. The molecule has 3 aliphatic rings. The van der Waals surface area contributed by atoms with Crippen molar-refractivity contribution in [2.45, 2.75) is 50.2 Å². The number of fused-ring (bicyclic) bond motifs is 2. The van der Waals surface area contributed by atoms with E-state index in [9.17, 15) is 0 Å². The van der Waals surface area contributed by atoms with Crippen LogP contribution < -0.4 is 5.32 Å². The summed E-state index contributed by atoms with van der Waals surface area (Å²) in [7, 11) is 0. The summed E-state index contributed by atoms with van der Waals surface area (Å²) < 4.78 is 0. The molecule has 2 heteroatoms. The highest BCUT2D eigenvalue weighted by molar-refractivity contribution is 4.99. The number of nitrogens with zero attached hydrogens (tertiary/aromatic N) is 1. The summed E-state index contributed by atoms with van der Waals surface area (Å²) in [6, 6.07) is 2.84. The van der Waals surface area contributed by atoms with Crippen LogP contribution in [-0.2, 0) is 0 Å². The average molecular weight is 166 g/mol. The molecule has 1 N–H and O–H groups in total. The van der Waals surface area contributed by atoms with E-state index in [2.05, 4.69) is 10.2 Å². The third kappa shape index (κ3) is 0.944. The fourth-order valence-electron chi connectivity index (χ4n) is 3.44. The van der Waals surface area contributed by atoms with Crippen molar-refractivity contribution < 1.29 is 0 Å². The van der Waals surface area contributed by atoms with Gasteiger partial charge in [-0.3, -0.25) is 4.90 Å². The van der Waals surface area contributed by atoms with Crippen LogP contribution in [0.2, 0.25) is 0 Å². The lowest BCUT2D eigenvalue weighted by molar-refractivity contribution is 0.187. The first kappa shape index (κ1) is 7.34. The molecule has 3 saturated heterocycles. The lowest BCUT2D eigenvalue weighted by atomic mass is 10.0. The van der Waals surface area contributed by atoms with E-state index in [0.29, 0.717) is 0 Å². The summed E-state index contributed by atoms with van der Waals surface area (Å²) in [5.74, 6) is 0. The lowest BCUT2D eigenvalue weighted by Crippen LogP contribution is -2.40. The minimum Gasteiger partial charge on any atom is -0.315 e. The number of nitrogens with one attached hydrogen (secondary N) is 1. The molecule has 3 heterocycles. The van der Waals surface area contributed by atoms with Crippen molar-refractivity contribution in [3.05, 3.63) is 0 Å². The molecule has 2 bridgehead atoms. The zero-order valence-corrected chi connectivity index (χ0v) is 7.63. The lowest BCUT2D eigenvalue weighted by Gasteiger charge is -2.28. The Kier molecular flexibility index (Phi) is 1.66. The highest BCUT2D eigenvalue weighted by Crippen LogP contribution is 2.39. The van der Waals surface area contributed by atoms with E-state index in [4.69, 9.17) is 0 Å². The molecule has 0 unspecified atom stereocenters. The van der Waals surface area contributed by atoms with Gasteiger partial charge in [0.15, 0.2) is 0 Å². The van der Waals surface area contributed by atoms with Gasteiger partial charge in [0.1, 0.15) is 0 Å². The van der Waals surface area contributed by atoms with Gasteiger partial charge in [-0.2, -0.15) is 0 Å². The molecule has 0 aromatic carbocycles. The molecule has 3 fully saturated rings. The molecule has 0 aliphatic carbocycles. The summed E-state index contributed by atoms with van der Waals surface area (Å²) >= 11 is 0. The molecule has 0 amide bonds. The van der Waals surface area contributed by atoms with E-state index >= 15 is 0 Å². The van der Waals surface area contributed by atoms with Crippen molar-refractivity contribution in [1.29, 1.82) is 0 Å². The van der Waals surface area contributed by atoms with Gasteiger partial charge in [-0.1, -0.05) is 0 Å². The largest absolute Gasteiger partial charge is 0.315 e. The van der Waals surface area contributed by atoms with Gasteiger partial charge >= 0.3 is 0 Å². The van der Waals surface area contributed by atoms with Gasteiger partial charge in [0.2, 0.25) is 0 Å². The van der Waals surface area contributed by atoms with Gasteiger partial charge in [0.05, 0.1) is 0 Å². The fraction of sp³-hybridized carbons (Fsp3) is 1.00. The zero-order chi connectivity index (χ0) is 7.97. The van der Waals surface area contributed by atoms with Crippen LogP contribution in [-0.4, -0.2) is 36.1 Å². The Labute approximate surface area is 74.3 Å². The first-order chi connectivity index (χ1) is 5.95. The molecule has 3 aliphatic heterocycles. The van der Waals surface area contributed by atoms with E-state index < -0.39 is 0 Å². The monoisotopic (exact) mass is 166 g/mol. The third-order valence-corrected chi connectivity index (χ3v) is 3.97.